The fraction of sp³-hybridized carbons (Fsp3) is 0.542. The van der Waals surface area contributed by atoms with E-state index in [1.54, 1.807) is 29.1 Å². The number of pyridine rings is 1. The summed E-state index contributed by atoms with van der Waals surface area (Å²) < 4.78 is 40.6. The molecule has 0 radical (unpaired) electrons. The number of hydrogen-bond acceptors (Lipinski definition) is 8. The summed E-state index contributed by atoms with van der Waals surface area (Å²) in [5.74, 6) is 0.739. The van der Waals surface area contributed by atoms with E-state index in [9.17, 15) is 22.8 Å². The van der Waals surface area contributed by atoms with E-state index in [2.05, 4.69) is 26.0 Å². The number of halogens is 3. The fourth-order valence-corrected chi connectivity index (χ4v) is 4.93. The quantitative estimate of drug-likeness (QED) is 0.590. The average Bonchev–Trinajstić information content (AvgIpc) is 3.34. The molecule has 13 heteroatoms. The zero-order valence-corrected chi connectivity index (χ0v) is 20.5. The number of aromatic nitrogens is 3. The van der Waals surface area contributed by atoms with Gasteiger partial charge in [0.05, 0.1) is 17.4 Å². The van der Waals surface area contributed by atoms with Crippen LogP contribution in [0.25, 0.3) is 0 Å². The number of carbonyl (C=O) groups is 1. The smallest absolute Gasteiger partial charge is 0.365 e. The van der Waals surface area contributed by atoms with Crippen LogP contribution in [0.15, 0.2) is 29.3 Å². The Balaban J connectivity index is 1.28. The topological polar surface area (TPSA) is 112 Å². The molecule has 2 fully saturated rings. The lowest BCUT2D eigenvalue weighted by Gasteiger charge is -2.35. The van der Waals surface area contributed by atoms with Crippen LogP contribution in [0.2, 0.25) is 0 Å². The van der Waals surface area contributed by atoms with Crippen LogP contribution in [-0.4, -0.2) is 89.8 Å². The van der Waals surface area contributed by atoms with Crippen LogP contribution in [0.5, 0.6) is 0 Å². The molecule has 4 heterocycles. The van der Waals surface area contributed by atoms with Gasteiger partial charge >= 0.3 is 6.18 Å². The standard InChI is InChI=1S/C24H29F3N8O2/c1-32(16-18-3-2-7-35(18)19-15-30-31-23(37)22(19)24(25,26)27)21(36)6-8-33-9-11-34(12-10-33)20-5-4-17(13-28)14-29-20/h4-5,14-15,18H,2-3,6-12,16H2,1H3,(H,31,37)/t18-/m0/s1. The maximum Gasteiger partial charge on any atom is 0.423 e. The monoisotopic (exact) mass is 518 g/mol. The van der Waals surface area contributed by atoms with Gasteiger partial charge in [0.1, 0.15) is 17.5 Å². The number of likely N-dealkylation sites (N-methyl/N-ethyl adjacent to an activating group) is 1. The predicted octanol–water partition coefficient (Wildman–Crippen LogP) is 1.69. The van der Waals surface area contributed by atoms with Crippen LogP contribution in [0.3, 0.4) is 0 Å². The number of H-pyrrole nitrogens is 1. The SMILES string of the molecule is CN(C[C@@H]1CCCN1c1cn[nH]c(=O)c1C(F)(F)F)C(=O)CCN1CCN(c2ccc(C#N)cn2)CC1. The van der Waals surface area contributed by atoms with Crippen molar-refractivity contribution < 1.29 is 18.0 Å². The van der Waals surface area contributed by atoms with Crippen LogP contribution in [0, 0.1) is 11.3 Å². The Hall–Kier alpha value is -3.66. The average molecular weight is 519 g/mol. The highest BCUT2D eigenvalue weighted by Crippen LogP contribution is 2.36. The molecule has 0 aliphatic carbocycles. The third-order valence-corrected chi connectivity index (χ3v) is 6.93. The Bertz CT molecular complexity index is 1190. The Morgan fingerprint density at radius 2 is 1.97 bits per heavy atom. The summed E-state index contributed by atoms with van der Waals surface area (Å²) in [5, 5.41) is 14.4. The first-order valence-corrected chi connectivity index (χ1v) is 12.2. The Labute approximate surface area is 212 Å². The van der Waals surface area contributed by atoms with Crippen LogP contribution in [0.4, 0.5) is 24.7 Å². The maximum absolute atomic E-state index is 13.5. The number of alkyl halides is 3. The van der Waals surface area contributed by atoms with E-state index in [-0.39, 0.29) is 24.2 Å². The van der Waals surface area contributed by atoms with Gasteiger partial charge in [0.15, 0.2) is 0 Å². The first-order chi connectivity index (χ1) is 17.7. The molecule has 0 unspecified atom stereocenters. The summed E-state index contributed by atoms with van der Waals surface area (Å²) in [5.41, 5.74) is -2.25. The molecule has 0 bridgehead atoms. The predicted molar refractivity (Wildman–Crippen MR) is 130 cm³/mol. The number of rotatable bonds is 7. The van der Waals surface area contributed by atoms with Gasteiger partial charge in [0.2, 0.25) is 5.91 Å². The zero-order valence-electron chi connectivity index (χ0n) is 20.5. The van der Waals surface area contributed by atoms with Gasteiger partial charge in [-0.15, -0.1) is 0 Å². The number of nitriles is 1. The highest BCUT2D eigenvalue weighted by atomic mass is 19.4. The fourth-order valence-electron chi connectivity index (χ4n) is 4.93. The molecule has 0 aromatic carbocycles. The van der Waals surface area contributed by atoms with E-state index in [0.29, 0.717) is 37.9 Å². The number of nitrogens with one attached hydrogen (secondary N) is 1. The van der Waals surface area contributed by atoms with Gasteiger partial charge in [0.25, 0.3) is 5.56 Å². The molecule has 10 nitrogen and oxygen atoms in total. The summed E-state index contributed by atoms with van der Waals surface area (Å²) in [6.45, 7) is 4.26. The molecule has 2 aliphatic rings. The van der Waals surface area contributed by atoms with Crippen molar-refractivity contribution in [1.29, 1.82) is 5.26 Å². The second-order valence-electron chi connectivity index (χ2n) is 9.32. The molecule has 198 valence electrons. The lowest BCUT2D eigenvalue weighted by atomic mass is 10.1. The van der Waals surface area contributed by atoms with E-state index in [1.807, 2.05) is 11.2 Å². The van der Waals surface area contributed by atoms with E-state index in [1.165, 1.54) is 0 Å². The van der Waals surface area contributed by atoms with Crippen LogP contribution in [0.1, 0.15) is 30.4 Å². The number of piperazine rings is 1. The minimum absolute atomic E-state index is 0.0804. The van der Waals surface area contributed by atoms with Gasteiger partial charge < -0.3 is 14.7 Å². The Morgan fingerprint density at radius 3 is 2.62 bits per heavy atom. The molecular formula is C24H29F3N8O2. The molecule has 37 heavy (non-hydrogen) atoms. The second kappa shape index (κ2) is 11.2. The van der Waals surface area contributed by atoms with Gasteiger partial charge in [-0.25, -0.2) is 10.1 Å². The number of aromatic amines is 1. The van der Waals surface area contributed by atoms with Crippen molar-refractivity contribution in [3.63, 3.8) is 0 Å². The summed E-state index contributed by atoms with van der Waals surface area (Å²) >= 11 is 0. The van der Waals surface area contributed by atoms with Gasteiger partial charge in [-0.05, 0) is 25.0 Å². The van der Waals surface area contributed by atoms with Crippen molar-refractivity contribution in [3.05, 3.63) is 46.0 Å². The van der Waals surface area contributed by atoms with Gasteiger partial charge in [0, 0.05) is 71.5 Å². The Kier molecular flexibility index (Phi) is 7.97. The number of nitrogens with zero attached hydrogens (tertiary/aromatic N) is 7. The van der Waals surface area contributed by atoms with Crippen LogP contribution >= 0.6 is 0 Å². The minimum atomic E-state index is -4.80. The van der Waals surface area contributed by atoms with E-state index in [4.69, 9.17) is 5.26 Å². The third-order valence-electron chi connectivity index (χ3n) is 6.93. The van der Waals surface area contributed by atoms with Gasteiger partial charge in [-0.1, -0.05) is 0 Å². The normalized spacial score (nSPS) is 18.6. The number of hydrogen-bond donors (Lipinski definition) is 1. The van der Waals surface area contributed by atoms with Crippen LogP contribution < -0.4 is 15.4 Å². The zero-order chi connectivity index (χ0) is 26.6. The third kappa shape index (κ3) is 6.19. The minimum Gasteiger partial charge on any atom is -0.365 e. The van der Waals surface area contributed by atoms with Crippen molar-refractivity contribution in [2.45, 2.75) is 31.5 Å². The highest BCUT2D eigenvalue weighted by Gasteiger charge is 2.41. The number of amides is 1. The molecule has 2 saturated heterocycles. The van der Waals surface area contributed by atoms with Crippen molar-refractivity contribution >= 4 is 17.4 Å². The number of carbonyl (C=O) groups excluding carboxylic acids is 1. The van der Waals surface area contributed by atoms with Crippen molar-refractivity contribution in [1.82, 2.24) is 25.0 Å². The lowest BCUT2D eigenvalue weighted by Crippen LogP contribution is -2.48. The summed E-state index contributed by atoms with van der Waals surface area (Å²) in [4.78, 5) is 36.5. The van der Waals surface area contributed by atoms with Crippen molar-refractivity contribution in [2.75, 3.05) is 62.7 Å². The molecule has 0 saturated carbocycles. The highest BCUT2D eigenvalue weighted by molar-refractivity contribution is 5.76. The van der Waals surface area contributed by atoms with Crippen LogP contribution in [-0.2, 0) is 11.0 Å². The van der Waals surface area contributed by atoms with E-state index < -0.39 is 17.3 Å². The largest absolute Gasteiger partial charge is 0.423 e. The summed E-state index contributed by atoms with van der Waals surface area (Å²) in [6.07, 6.45) is -0.628. The lowest BCUT2D eigenvalue weighted by molar-refractivity contribution is -0.138. The first kappa shape index (κ1) is 26.4. The molecule has 4 rings (SSSR count). The second-order valence-corrected chi connectivity index (χ2v) is 9.32. The van der Waals surface area contributed by atoms with E-state index >= 15 is 0 Å². The first-order valence-electron chi connectivity index (χ1n) is 12.2. The maximum atomic E-state index is 13.5. The van der Waals surface area contributed by atoms with Crippen molar-refractivity contribution in [3.8, 4) is 6.07 Å². The van der Waals surface area contributed by atoms with Crippen molar-refractivity contribution in [2.24, 2.45) is 0 Å². The van der Waals surface area contributed by atoms with E-state index in [0.717, 1.165) is 38.2 Å². The van der Waals surface area contributed by atoms with Gasteiger partial charge in [-0.3, -0.25) is 14.5 Å². The number of anilines is 2. The molecule has 1 atom stereocenters. The molecule has 2 aromatic heterocycles. The summed E-state index contributed by atoms with van der Waals surface area (Å²) in [6, 6.07) is 5.30. The summed E-state index contributed by atoms with van der Waals surface area (Å²) in [7, 11) is 1.66. The Morgan fingerprint density at radius 1 is 1.22 bits per heavy atom. The molecule has 1 amide bonds. The molecule has 2 aliphatic heterocycles. The molecular weight excluding hydrogens is 489 g/mol. The molecule has 2 aromatic rings. The molecule has 1 N–H and O–H groups in total. The van der Waals surface area contributed by atoms with Gasteiger partial charge in [-0.2, -0.15) is 23.5 Å². The molecule has 0 spiro atoms.